The summed E-state index contributed by atoms with van der Waals surface area (Å²) in [6.07, 6.45) is 14.5. The molecule has 3 rings (SSSR count). The average Bonchev–Trinajstić information content (AvgIpc) is 2.85. The maximum absolute atomic E-state index is 9.86. The van der Waals surface area contributed by atoms with Crippen molar-refractivity contribution in [3.8, 4) is 18.4 Å². The highest BCUT2D eigenvalue weighted by molar-refractivity contribution is 5.48. The Morgan fingerprint density at radius 2 is 2.14 bits per heavy atom. The number of hydrogen-bond acceptors (Lipinski definition) is 3. The van der Waals surface area contributed by atoms with Crippen molar-refractivity contribution < 1.29 is 0 Å². The van der Waals surface area contributed by atoms with Crippen molar-refractivity contribution in [3.63, 3.8) is 0 Å². The van der Waals surface area contributed by atoms with Crippen molar-refractivity contribution in [2.24, 2.45) is 0 Å². The Balaban J connectivity index is 1.97. The van der Waals surface area contributed by atoms with Crippen LogP contribution in [0.4, 0.5) is 5.69 Å². The number of terminal acetylenes is 1. The molecule has 1 fully saturated rings. The molecule has 0 radical (unpaired) electrons. The molecule has 0 spiro atoms. The van der Waals surface area contributed by atoms with Gasteiger partial charge in [-0.1, -0.05) is 18.1 Å². The minimum Gasteiger partial charge on any atom is -0.277 e. The fourth-order valence-electron chi connectivity index (χ4n) is 3.65. The van der Waals surface area contributed by atoms with E-state index in [2.05, 4.69) is 38.9 Å². The topological polar surface area (TPSA) is 44.3 Å². The molecule has 0 aromatic carbocycles. The molecule has 4 atom stereocenters. The van der Waals surface area contributed by atoms with Gasteiger partial charge in [0.05, 0.1) is 24.1 Å². The number of piperidine rings is 1. The lowest BCUT2D eigenvalue weighted by Crippen LogP contribution is -2.52. The summed E-state index contributed by atoms with van der Waals surface area (Å²) in [6.45, 7) is 9.16. The van der Waals surface area contributed by atoms with Gasteiger partial charge in [0.15, 0.2) is 0 Å². The zero-order chi connectivity index (χ0) is 15.7. The predicted molar refractivity (Wildman–Crippen MR) is 83.9 cm³/mol. The fraction of sp³-hybridized carbons (Fsp3) is 0.389. The molecule has 0 saturated carbocycles. The monoisotopic (exact) mass is 288 g/mol. The number of nitriles is 1. The second-order valence-corrected chi connectivity index (χ2v) is 5.96. The Kier molecular flexibility index (Phi) is 3.45. The van der Waals surface area contributed by atoms with Crippen molar-refractivity contribution in [2.75, 3.05) is 0 Å². The molecule has 0 N–H and O–H groups in total. The standard InChI is InChI=1S/C18H16N4/c1-4-13(2)22-16-5-6-17(22)9-18(8-16,12-19)14-7-15(20-3)11-21-10-14/h1,5-7,10-11,13,16-17H,8-9H2,2H3/t13?,16-,17+,18?. The van der Waals surface area contributed by atoms with Gasteiger partial charge >= 0.3 is 0 Å². The highest BCUT2D eigenvalue weighted by Gasteiger charge is 2.48. The van der Waals surface area contributed by atoms with E-state index in [9.17, 15) is 5.26 Å². The van der Waals surface area contributed by atoms with E-state index in [4.69, 9.17) is 13.0 Å². The first kappa shape index (κ1) is 14.3. The van der Waals surface area contributed by atoms with Crippen molar-refractivity contribution in [1.82, 2.24) is 9.88 Å². The Morgan fingerprint density at radius 3 is 2.68 bits per heavy atom. The number of aromatic nitrogens is 1. The summed E-state index contributed by atoms with van der Waals surface area (Å²) in [6, 6.07) is 4.68. The summed E-state index contributed by atoms with van der Waals surface area (Å²) in [5.41, 5.74) is 0.722. The minimum absolute atomic E-state index is 0.0504. The average molecular weight is 288 g/mol. The van der Waals surface area contributed by atoms with Crippen LogP contribution in [0.15, 0.2) is 30.6 Å². The van der Waals surface area contributed by atoms with Crippen LogP contribution in [0.1, 0.15) is 25.3 Å². The van der Waals surface area contributed by atoms with Crippen LogP contribution in [-0.4, -0.2) is 28.0 Å². The minimum atomic E-state index is -0.600. The van der Waals surface area contributed by atoms with Crippen LogP contribution in [-0.2, 0) is 5.41 Å². The smallest absolute Gasteiger partial charge is 0.205 e. The summed E-state index contributed by atoms with van der Waals surface area (Å²) < 4.78 is 0. The van der Waals surface area contributed by atoms with Gasteiger partial charge in [-0.25, -0.2) is 4.85 Å². The molecular weight excluding hydrogens is 272 g/mol. The first-order chi connectivity index (χ1) is 10.6. The van der Waals surface area contributed by atoms with Crippen LogP contribution >= 0.6 is 0 Å². The summed E-state index contributed by atoms with van der Waals surface area (Å²) in [5, 5.41) is 9.86. The fourth-order valence-corrected chi connectivity index (χ4v) is 3.65. The summed E-state index contributed by atoms with van der Waals surface area (Å²) >= 11 is 0. The third-order valence-corrected chi connectivity index (χ3v) is 4.74. The van der Waals surface area contributed by atoms with E-state index in [1.54, 1.807) is 12.3 Å². The van der Waals surface area contributed by atoms with Crippen LogP contribution in [0.5, 0.6) is 0 Å². The van der Waals surface area contributed by atoms with Gasteiger partial charge in [-0.15, -0.1) is 6.42 Å². The van der Waals surface area contributed by atoms with Gasteiger partial charge in [-0.05, 0) is 31.4 Å². The van der Waals surface area contributed by atoms with E-state index >= 15 is 0 Å². The van der Waals surface area contributed by atoms with Crippen molar-refractivity contribution in [1.29, 1.82) is 5.26 Å². The molecule has 108 valence electrons. The van der Waals surface area contributed by atoms with E-state index in [1.165, 1.54) is 6.20 Å². The first-order valence-electron chi connectivity index (χ1n) is 7.29. The van der Waals surface area contributed by atoms with E-state index in [0.717, 1.165) is 5.56 Å². The molecule has 2 aliphatic rings. The Labute approximate surface area is 130 Å². The highest BCUT2D eigenvalue weighted by Crippen LogP contribution is 2.45. The van der Waals surface area contributed by atoms with Crippen molar-refractivity contribution in [2.45, 2.75) is 43.3 Å². The highest BCUT2D eigenvalue weighted by atomic mass is 15.2. The van der Waals surface area contributed by atoms with E-state index in [0.29, 0.717) is 18.5 Å². The van der Waals surface area contributed by atoms with Crippen LogP contribution in [0.3, 0.4) is 0 Å². The molecule has 1 saturated heterocycles. The quantitative estimate of drug-likeness (QED) is 0.477. The molecule has 2 bridgehead atoms. The van der Waals surface area contributed by atoms with E-state index < -0.39 is 5.41 Å². The van der Waals surface area contributed by atoms with E-state index in [-0.39, 0.29) is 18.1 Å². The molecular formula is C18H16N4. The number of rotatable bonds is 2. The molecule has 1 aromatic rings. The molecule has 2 unspecified atom stereocenters. The number of pyridine rings is 1. The van der Waals surface area contributed by atoms with Gasteiger partial charge in [0, 0.05) is 24.5 Å². The van der Waals surface area contributed by atoms with E-state index in [1.807, 2.05) is 6.92 Å². The molecule has 4 nitrogen and oxygen atoms in total. The number of nitrogens with zero attached hydrogens (tertiary/aromatic N) is 4. The van der Waals surface area contributed by atoms with Crippen LogP contribution in [0, 0.1) is 30.2 Å². The number of fused-ring (bicyclic) bond motifs is 2. The largest absolute Gasteiger partial charge is 0.277 e. The van der Waals surface area contributed by atoms with Gasteiger partial charge in [0.25, 0.3) is 0 Å². The summed E-state index contributed by atoms with van der Waals surface area (Å²) in [5.74, 6) is 2.79. The zero-order valence-corrected chi connectivity index (χ0v) is 12.4. The third kappa shape index (κ3) is 2.08. The van der Waals surface area contributed by atoms with Crippen LogP contribution < -0.4 is 0 Å². The van der Waals surface area contributed by atoms with Crippen LogP contribution in [0.2, 0.25) is 0 Å². The SMILES string of the molecule is [C-]#[N+]c1cncc(C2(C#N)C[C@H]3C=C[C@@H](C2)N3C(C)C#C)c1. The zero-order valence-electron chi connectivity index (χ0n) is 12.4. The first-order valence-corrected chi connectivity index (χ1v) is 7.29. The predicted octanol–water partition coefficient (Wildman–Crippen LogP) is 2.82. The van der Waals surface area contributed by atoms with Crippen molar-refractivity contribution >= 4 is 5.69 Å². The molecule has 1 aromatic heterocycles. The maximum Gasteiger partial charge on any atom is 0.205 e. The van der Waals surface area contributed by atoms with Crippen molar-refractivity contribution in [3.05, 3.63) is 47.6 Å². The normalized spacial score (nSPS) is 31.0. The van der Waals surface area contributed by atoms with Gasteiger partial charge in [0.2, 0.25) is 5.69 Å². The summed E-state index contributed by atoms with van der Waals surface area (Å²) in [4.78, 5) is 9.85. The Morgan fingerprint density at radius 1 is 1.45 bits per heavy atom. The summed E-state index contributed by atoms with van der Waals surface area (Å²) in [7, 11) is 0. The lowest BCUT2D eigenvalue weighted by molar-refractivity contribution is 0.102. The second-order valence-electron chi connectivity index (χ2n) is 5.96. The van der Waals surface area contributed by atoms with Gasteiger partial charge < -0.3 is 0 Å². The van der Waals surface area contributed by atoms with Gasteiger partial charge in [0.1, 0.15) is 0 Å². The lowest BCUT2D eigenvalue weighted by Gasteiger charge is -2.45. The molecule has 2 aliphatic heterocycles. The van der Waals surface area contributed by atoms with Crippen LogP contribution in [0.25, 0.3) is 4.85 Å². The Bertz CT molecular complexity index is 728. The lowest BCUT2D eigenvalue weighted by atomic mass is 9.71. The Hall–Kier alpha value is -2.61. The molecule has 3 heterocycles. The van der Waals surface area contributed by atoms with Gasteiger partial charge in [-0.3, -0.25) is 9.88 Å². The third-order valence-electron chi connectivity index (χ3n) is 4.74. The van der Waals surface area contributed by atoms with Gasteiger partial charge in [-0.2, -0.15) is 5.26 Å². The molecule has 22 heavy (non-hydrogen) atoms. The number of hydrogen-bond donors (Lipinski definition) is 0. The molecule has 4 heteroatoms. The maximum atomic E-state index is 9.86. The molecule has 0 amide bonds. The molecule has 0 aliphatic carbocycles. The second kappa shape index (κ2) is 5.30.